The molecule has 0 atom stereocenters. The Morgan fingerprint density at radius 2 is 1.91 bits per heavy atom. The Bertz CT molecular complexity index is 208. The third-order valence-electron chi connectivity index (χ3n) is 1.21. The fourth-order valence-electron chi connectivity index (χ4n) is 0.813. The first-order valence-corrected chi connectivity index (χ1v) is 6.48. The van der Waals surface area contributed by atoms with Gasteiger partial charge in [0.05, 0.1) is 30.4 Å². The van der Waals surface area contributed by atoms with Crippen LogP contribution in [-0.2, 0) is 13.6 Å². The number of nitrogens with zero attached hydrogens (tertiary/aromatic N) is 1. The molecule has 0 radical (unpaired) electrons. The van der Waals surface area contributed by atoms with E-state index in [1.54, 1.807) is 4.31 Å². The van der Waals surface area contributed by atoms with Gasteiger partial charge in [-0.25, -0.2) is 12.7 Å². The van der Waals surface area contributed by atoms with Crippen LogP contribution < -0.4 is 0 Å². The fraction of sp³-hybridized carbons (Fsp3) is 1.00. The van der Waals surface area contributed by atoms with Gasteiger partial charge in [0, 0.05) is 13.1 Å². The summed E-state index contributed by atoms with van der Waals surface area (Å²) in [7, 11) is -2.03. The van der Waals surface area contributed by atoms with Crippen molar-refractivity contribution in [2.24, 2.45) is 0 Å². The van der Waals surface area contributed by atoms with Gasteiger partial charge in [0.15, 0.2) is 0 Å². The molecule has 4 nitrogen and oxygen atoms in total. The summed E-state index contributed by atoms with van der Waals surface area (Å²) in [6, 6.07) is 0. The zero-order valence-electron chi connectivity index (χ0n) is 6.32. The van der Waals surface area contributed by atoms with Crippen LogP contribution in [0.15, 0.2) is 0 Å². The Balaban J connectivity index is 2.36. The van der Waals surface area contributed by atoms with E-state index in [1.165, 1.54) is 6.26 Å². The van der Waals surface area contributed by atoms with E-state index >= 15 is 0 Å². The molecular formula is C5H11NO3S2. The van der Waals surface area contributed by atoms with Crippen LogP contribution in [0, 0.1) is 0 Å². The molecule has 0 aliphatic carbocycles. The molecule has 66 valence electrons. The van der Waals surface area contributed by atoms with E-state index in [0.29, 0.717) is 26.3 Å². The summed E-state index contributed by atoms with van der Waals surface area (Å²) in [5.41, 5.74) is 0. The van der Waals surface area contributed by atoms with E-state index in [-0.39, 0.29) is 0 Å². The first-order valence-electron chi connectivity index (χ1n) is 3.30. The Morgan fingerprint density at radius 3 is 2.36 bits per heavy atom. The highest BCUT2D eigenvalue weighted by Crippen LogP contribution is 2.17. The second kappa shape index (κ2) is 3.75. The van der Waals surface area contributed by atoms with E-state index in [4.69, 9.17) is 4.74 Å². The predicted molar refractivity (Wildman–Crippen MR) is 44.8 cm³/mol. The van der Waals surface area contributed by atoms with Crippen LogP contribution in [0.3, 0.4) is 0 Å². The quantitative estimate of drug-likeness (QED) is 0.458. The van der Waals surface area contributed by atoms with Crippen molar-refractivity contribution in [2.45, 2.75) is 0 Å². The first kappa shape index (κ1) is 9.31. The van der Waals surface area contributed by atoms with Gasteiger partial charge in [0.25, 0.3) is 0 Å². The standard InChI is InChI=1S/C5H11NO3S2/c1-11(7,8)10-6-2-4-9-5-3-6/h2-5H2,1H3. The third kappa shape index (κ3) is 3.95. The van der Waals surface area contributed by atoms with Crippen molar-refractivity contribution in [1.82, 2.24) is 4.31 Å². The smallest absolute Gasteiger partial charge is 0.212 e. The van der Waals surface area contributed by atoms with Crippen LogP contribution in [0.1, 0.15) is 0 Å². The normalized spacial score (nSPS) is 21.9. The highest BCUT2D eigenvalue weighted by atomic mass is 33.1. The molecule has 0 unspecified atom stereocenters. The van der Waals surface area contributed by atoms with Crippen molar-refractivity contribution in [3.8, 4) is 0 Å². The maximum atomic E-state index is 10.8. The Hall–Kier alpha value is 0.220. The molecule has 11 heavy (non-hydrogen) atoms. The largest absolute Gasteiger partial charge is 0.379 e. The second-order valence-corrected chi connectivity index (χ2v) is 6.66. The highest BCUT2D eigenvalue weighted by molar-refractivity contribution is 8.70. The van der Waals surface area contributed by atoms with Gasteiger partial charge in [-0.1, -0.05) is 0 Å². The lowest BCUT2D eigenvalue weighted by Gasteiger charge is -2.23. The van der Waals surface area contributed by atoms with Crippen molar-refractivity contribution in [1.29, 1.82) is 0 Å². The van der Waals surface area contributed by atoms with Crippen LogP contribution in [0.4, 0.5) is 0 Å². The predicted octanol–water partition coefficient (Wildman–Crippen LogP) is -0.0736. The maximum absolute atomic E-state index is 10.8. The van der Waals surface area contributed by atoms with Crippen molar-refractivity contribution in [2.75, 3.05) is 32.6 Å². The first-order chi connectivity index (χ1) is 5.08. The van der Waals surface area contributed by atoms with E-state index in [9.17, 15) is 8.42 Å². The number of morpholine rings is 1. The third-order valence-corrected chi connectivity index (χ3v) is 3.50. The van der Waals surface area contributed by atoms with E-state index in [2.05, 4.69) is 0 Å². The van der Waals surface area contributed by atoms with Crippen molar-refractivity contribution < 1.29 is 13.2 Å². The number of hydrogen-bond donors (Lipinski definition) is 0. The molecule has 0 aromatic carbocycles. The highest BCUT2D eigenvalue weighted by Gasteiger charge is 2.15. The van der Waals surface area contributed by atoms with Crippen LogP contribution in [-0.4, -0.2) is 45.3 Å². The molecule has 0 spiro atoms. The zero-order chi connectivity index (χ0) is 8.32. The van der Waals surface area contributed by atoms with Crippen LogP contribution >= 0.6 is 11.0 Å². The molecule has 1 aliphatic rings. The van der Waals surface area contributed by atoms with Gasteiger partial charge in [-0.15, -0.1) is 0 Å². The molecule has 1 heterocycles. The van der Waals surface area contributed by atoms with Gasteiger partial charge in [-0.05, 0) is 0 Å². The molecule has 0 N–H and O–H groups in total. The summed E-state index contributed by atoms with van der Waals surface area (Å²) < 4.78 is 28.4. The Labute approximate surface area is 70.4 Å². The molecule has 6 heteroatoms. The summed E-state index contributed by atoms with van der Waals surface area (Å²) in [4.78, 5) is 0. The minimum Gasteiger partial charge on any atom is -0.379 e. The zero-order valence-corrected chi connectivity index (χ0v) is 7.95. The summed E-state index contributed by atoms with van der Waals surface area (Å²) in [6.07, 6.45) is 1.22. The molecule has 0 aromatic rings. The molecule has 0 bridgehead atoms. The minimum atomic E-state index is -2.94. The lowest BCUT2D eigenvalue weighted by Crippen LogP contribution is -2.31. The second-order valence-electron chi connectivity index (χ2n) is 2.32. The molecule has 0 aromatic heterocycles. The van der Waals surface area contributed by atoms with Gasteiger partial charge in [0.1, 0.15) is 0 Å². The lowest BCUT2D eigenvalue weighted by atomic mass is 10.5. The van der Waals surface area contributed by atoms with Crippen molar-refractivity contribution in [3.63, 3.8) is 0 Å². The van der Waals surface area contributed by atoms with E-state index in [0.717, 1.165) is 11.0 Å². The van der Waals surface area contributed by atoms with Gasteiger partial charge < -0.3 is 4.74 Å². The van der Waals surface area contributed by atoms with Crippen LogP contribution in [0.25, 0.3) is 0 Å². The van der Waals surface area contributed by atoms with Gasteiger partial charge in [0.2, 0.25) is 8.87 Å². The van der Waals surface area contributed by atoms with E-state index < -0.39 is 8.87 Å². The fourth-order valence-corrected chi connectivity index (χ4v) is 3.09. The average Bonchev–Trinajstić information content (AvgIpc) is 1.85. The van der Waals surface area contributed by atoms with Crippen LogP contribution in [0.5, 0.6) is 0 Å². The molecular weight excluding hydrogens is 186 g/mol. The number of rotatable bonds is 2. The molecule has 0 amide bonds. The summed E-state index contributed by atoms with van der Waals surface area (Å²) >= 11 is 0. The van der Waals surface area contributed by atoms with Crippen molar-refractivity contribution in [3.05, 3.63) is 0 Å². The van der Waals surface area contributed by atoms with Gasteiger partial charge in [-0.2, -0.15) is 0 Å². The van der Waals surface area contributed by atoms with E-state index in [1.807, 2.05) is 0 Å². The monoisotopic (exact) mass is 197 g/mol. The lowest BCUT2D eigenvalue weighted by molar-refractivity contribution is 0.0778. The number of ether oxygens (including phenoxy) is 1. The molecule has 1 rings (SSSR count). The summed E-state index contributed by atoms with van der Waals surface area (Å²) in [5.74, 6) is 0. The minimum absolute atomic E-state index is 0.628. The molecule has 1 aliphatic heterocycles. The van der Waals surface area contributed by atoms with Crippen molar-refractivity contribution >= 4 is 19.8 Å². The maximum Gasteiger partial charge on any atom is 0.212 e. The summed E-state index contributed by atoms with van der Waals surface area (Å²) in [6.45, 7) is 2.64. The topological polar surface area (TPSA) is 46.6 Å². The SMILES string of the molecule is CS(=O)(=O)SN1CCOCC1. The molecule has 0 saturated carbocycles. The Kier molecular flexibility index (Phi) is 3.17. The van der Waals surface area contributed by atoms with Crippen LogP contribution in [0.2, 0.25) is 0 Å². The number of hydrogen-bond acceptors (Lipinski definition) is 5. The average molecular weight is 197 g/mol. The van der Waals surface area contributed by atoms with Gasteiger partial charge >= 0.3 is 0 Å². The molecule has 1 saturated heterocycles. The molecule has 1 fully saturated rings. The van der Waals surface area contributed by atoms with Gasteiger partial charge in [-0.3, -0.25) is 0 Å². The Morgan fingerprint density at radius 1 is 1.36 bits per heavy atom. The summed E-state index contributed by atoms with van der Waals surface area (Å²) in [5, 5.41) is 0.